The normalized spacial score (nSPS) is 12.2. The summed E-state index contributed by atoms with van der Waals surface area (Å²) in [7, 11) is 0. The molecule has 3 heteroatoms. The third-order valence-electron chi connectivity index (χ3n) is 3.06. The number of nitrogens with zero attached hydrogens (tertiary/aromatic N) is 1. The van der Waals surface area contributed by atoms with Gasteiger partial charge < -0.3 is 10.6 Å². The summed E-state index contributed by atoms with van der Waals surface area (Å²) in [6, 6.07) is 7.92. The zero-order valence-electron chi connectivity index (χ0n) is 11.6. The number of aryl methyl sites for hydroxylation is 1. The first-order valence-corrected chi connectivity index (χ1v) is 6.68. The maximum absolute atomic E-state index is 12.1. The Kier molecular flexibility index (Phi) is 5.86. The van der Waals surface area contributed by atoms with E-state index in [0.717, 1.165) is 18.5 Å². The van der Waals surface area contributed by atoms with Gasteiger partial charge in [-0.25, -0.2) is 0 Å². The number of carbonyl (C=O) groups excluding carboxylic acids is 1. The highest BCUT2D eigenvalue weighted by Gasteiger charge is 2.18. The Bertz CT molecular complexity index is 373. The fourth-order valence-corrected chi connectivity index (χ4v) is 1.86. The molecule has 0 heterocycles. The van der Waals surface area contributed by atoms with Crippen LogP contribution in [0.3, 0.4) is 0 Å². The molecular weight excluding hydrogens is 224 g/mol. The van der Waals surface area contributed by atoms with Gasteiger partial charge in [0.15, 0.2) is 0 Å². The summed E-state index contributed by atoms with van der Waals surface area (Å²) < 4.78 is 0. The van der Waals surface area contributed by atoms with Crippen molar-refractivity contribution in [1.29, 1.82) is 0 Å². The van der Waals surface area contributed by atoms with Crippen LogP contribution in [0, 0.1) is 6.92 Å². The molecule has 0 bridgehead atoms. The second kappa shape index (κ2) is 7.17. The summed E-state index contributed by atoms with van der Waals surface area (Å²) in [5.41, 5.74) is 8.23. The molecule has 1 unspecified atom stereocenters. The second-order valence-corrected chi connectivity index (χ2v) is 4.76. The van der Waals surface area contributed by atoms with Crippen molar-refractivity contribution in [2.45, 2.75) is 46.2 Å². The van der Waals surface area contributed by atoms with Crippen LogP contribution >= 0.6 is 0 Å². The van der Waals surface area contributed by atoms with Crippen LogP contribution in [0.2, 0.25) is 0 Å². The van der Waals surface area contributed by atoms with Crippen molar-refractivity contribution in [2.24, 2.45) is 5.73 Å². The minimum atomic E-state index is -0.373. The molecule has 0 fully saturated rings. The summed E-state index contributed by atoms with van der Waals surface area (Å²) in [6.07, 6.45) is 1.64. The Morgan fingerprint density at radius 2 is 1.89 bits per heavy atom. The van der Waals surface area contributed by atoms with Gasteiger partial charge in [-0.15, -0.1) is 0 Å². The molecule has 1 aromatic carbocycles. The zero-order valence-corrected chi connectivity index (χ0v) is 11.6. The van der Waals surface area contributed by atoms with Crippen LogP contribution in [-0.4, -0.2) is 23.4 Å². The van der Waals surface area contributed by atoms with Gasteiger partial charge >= 0.3 is 0 Å². The van der Waals surface area contributed by atoms with Crippen LogP contribution in [0.1, 0.15) is 37.8 Å². The van der Waals surface area contributed by atoms with Gasteiger partial charge in [-0.1, -0.05) is 43.7 Å². The standard InChI is InChI=1S/C15H24N2O/c1-4-10-17(15(18)14(16)5-2)11-13-8-6-12(3)7-9-13/h6-9,14H,4-5,10-11,16H2,1-3H3. The fraction of sp³-hybridized carbons (Fsp3) is 0.533. The van der Waals surface area contributed by atoms with Crippen LogP contribution < -0.4 is 5.73 Å². The van der Waals surface area contributed by atoms with E-state index in [1.165, 1.54) is 5.56 Å². The molecule has 0 aromatic heterocycles. The molecule has 2 N–H and O–H groups in total. The van der Waals surface area contributed by atoms with Crippen molar-refractivity contribution in [3.05, 3.63) is 35.4 Å². The van der Waals surface area contributed by atoms with Crippen molar-refractivity contribution < 1.29 is 4.79 Å². The van der Waals surface area contributed by atoms with Gasteiger partial charge in [-0.2, -0.15) is 0 Å². The summed E-state index contributed by atoms with van der Waals surface area (Å²) in [6.45, 7) is 7.50. The lowest BCUT2D eigenvalue weighted by molar-refractivity contribution is -0.133. The lowest BCUT2D eigenvalue weighted by Gasteiger charge is -2.25. The van der Waals surface area contributed by atoms with Crippen LogP contribution in [0.25, 0.3) is 0 Å². The Labute approximate surface area is 110 Å². The molecule has 18 heavy (non-hydrogen) atoms. The highest BCUT2D eigenvalue weighted by atomic mass is 16.2. The molecule has 3 nitrogen and oxygen atoms in total. The van der Waals surface area contributed by atoms with E-state index in [9.17, 15) is 4.79 Å². The Morgan fingerprint density at radius 1 is 1.28 bits per heavy atom. The minimum Gasteiger partial charge on any atom is -0.337 e. The molecule has 0 radical (unpaired) electrons. The molecule has 1 atom stereocenters. The summed E-state index contributed by atoms with van der Waals surface area (Å²) in [4.78, 5) is 14.0. The lowest BCUT2D eigenvalue weighted by Crippen LogP contribution is -2.43. The van der Waals surface area contributed by atoms with Crippen LogP contribution in [0.4, 0.5) is 0 Å². The first-order valence-electron chi connectivity index (χ1n) is 6.68. The highest BCUT2D eigenvalue weighted by Crippen LogP contribution is 2.09. The smallest absolute Gasteiger partial charge is 0.239 e. The second-order valence-electron chi connectivity index (χ2n) is 4.76. The van der Waals surface area contributed by atoms with Crippen LogP contribution in [-0.2, 0) is 11.3 Å². The molecule has 1 aromatic rings. The van der Waals surface area contributed by atoms with Gasteiger partial charge in [-0.05, 0) is 25.3 Å². The van der Waals surface area contributed by atoms with E-state index in [1.807, 2.05) is 11.8 Å². The first-order chi connectivity index (χ1) is 8.58. The average molecular weight is 248 g/mol. The van der Waals surface area contributed by atoms with Crippen molar-refractivity contribution in [1.82, 2.24) is 4.90 Å². The van der Waals surface area contributed by atoms with E-state index in [4.69, 9.17) is 5.73 Å². The minimum absolute atomic E-state index is 0.0555. The number of carbonyl (C=O) groups is 1. The predicted octanol–water partition coefficient (Wildman–Crippen LogP) is 2.47. The van der Waals surface area contributed by atoms with Crippen LogP contribution in [0.15, 0.2) is 24.3 Å². The molecule has 0 aliphatic carbocycles. The van der Waals surface area contributed by atoms with Gasteiger partial charge in [0.25, 0.3) is 0 Å². The predicted molar refractivity (Wildman–Crippen MR) is 75.2 cm³/mol. The largest absolute Gasteiger partial charge is 0.337 e. The fourth-order valence-electron chi connectivity index (χ4n) is 1.86. The monoisotopic (exact) mass is 248 g/mol. The van der Waals surface area contributed by atoms with Gasteiger partial charge in [0.2, 0.25) is 5.91 Å². The molecular formula is C15H24N2O. The zero-order chi connectivity index (χ0) is 13.5. The Balaban J connectivity index is 2.73. The lowest BCUT2D eigenvalue weighted by atomic mass is 10.1. The average Bonchev–Trinajstić information content (AvgIpc) is 2.39. The van der Waals surface area contributed by atoms with E-state index >= 15 is 0 Å². The number of hydrogen-bond donors (Lipinski definition) is 1. The van der Waals surface area contributed by atoms with Crippen molar-refractivity contribution in [2.75, 3.05) is 6.54 Å². The van der Waals surface area contributed by atoms with E-state index < -0.39 is 0 Å². The Morgan fingerprint density at radius 3 is 2.39 bits per heavy atom. The Hall–Kier alpha value is -1.35. The van der Waals surface area contributed by atoms with Gasteiger partial charge in [0.1, 0.15) is 0 Å². The number of hydrogen-bond acceptors (Lipinski definition) is 2. The van der Waals surface area contributed by atoms with Gasteiger partial charge in [0, 0.05) is 13.1 Å². The molecule has 1 rings (SSSR count). The van der Waals surface area contributed by atoms with Crippen molar-refractivity contribution >= 4 is 5.91 Å². The van der Waals surface area contributed by atoms with Crippen LogP contribution in [0.5, 0.6) is 0 Å². The summed E-state index contributed by atoms with van der Waals surface area (Å²) >= 11 is 0. The van der Waals surface area contributed by atoms with Crippen molar-refractivity contribution in [3.8, 4) is 0 Å². The van der Waals surface area contributed by atoms with Gasteiger partial charge in [-0.3, -0.25) is 4.79 Å². The van der Waals surface area contributed by atoms with E-state index in [2.05, 4.69) is 38.1 Å². The quantitative estimate of drug-likeness (QED) is 0.840. The molecule has 0 aliphatic heterocycles. The summed E-state index contributed by atoms with van der Waals surface area (Å²) in [5, 5.41) is 0. The topological polar surface area (TPSA) is 46.3 Å². The van der Waals surface area contributed by atoms with Gasteiger partial charge in [0.05, 0.1) is 6.04 Å². The maximum atomic E-state index is 12.1. The van der Waals surface area contributed by atoms with E-state index in [-0.39, 0.29) is 11.9 Å². The van der Waals surface area contributed by atoms with E-state index in [0.29, 0.717) is 13.0 Å². The van der Waals surface area contributed by atoms with Crippen molar-refractivity contribution in [3.63, 3.8) is 0 Å². The number of nitrogens with two attached hydrogens (primary N) is 1. The molecule has 0 saturated carbocycles. The number of amides is 1. The summed E-state index contributed by atoms with van der Waals surface area (Å²) in [5.74, 6) is 0.0555. The third-order valence-corrected chi connectivity index (χ3v) is 3.06. The molecule has 0 spiro atoms. The number of rotatable bonds is 6. The highest BCUT2D eigenvalue weighted by molar-refractivity contribution is 5.81. The number of benzene rings is 1. The molecule has 0 aliphatic rings. The SMILES string of the molecule is CCCN(Cc1ccc(C)cc1)C(=O)C(N)CC. The molecule has 100 valence electrons. The molecule has 1 amide bonds. The molecule has 0 saturated heterocycles. The maximum Gasteiger partial charge on any atom is 0.239 e. The van der Waals surface area contributed by atoms with E-state index in [1.54, 1.807) is 0 Å². The first kappa shape index (κ1) is 14.7. The third kappa shape index (κ3) is 4.15.